The number of hydrogen-bond acceptors (Lipinski definition) is 2. The van der Waals surface area contributed by atoms with Gasteiger partial charge in [-0.3, -0.25) is 4.79 Å². The highest BCUT2D eigenvalue weighted by Gasteiger charge is 2.23. The molecule has 2 rings (SSSR count). The number of rotatable bonds is 6. The molecule has 0 aliphatic rings. The van der Waals surface area contributed by atoms with Crippen molar-refractivity contribution in [1.29, 1.82) is 0 Å². The summed E-state index contributed by atoms with van der Waals surface area (Å²) in [7, 11) is -2.31. The monoisotopic (exact) mass is 328 g/mol. The fourth-order valence-electron chi connectivity index (χ4n) is 3.04. The Bertz CT molecular complexity index is 697. The molecule has 23 heavy (non-hydrogen) atoms. The topological polar surface area (TPSA) is 34.1 Å². The van der Waals surface area contributed by atoms with Crippen LogP contribution in [0.25, 0.3) is 0 Å². The smallest absolute Gasteiger partial charge is 0.219 e. The molecule has 0 fully saturated rings. The molecule has 0 N–H and O–H groups in total. The third-order valence-corrected chi connectivity index (χ3v) is 6.17. The van der Waals surface area contributed by atoms with E-state index < -0.39 is 7.80 Å². The van der Waals surface area contributed by atoms with Gasteiger partial charge in [0.1, 0.15) is 7.80 Å². The van der Waals surface area contributed by atoms with Crippen LogP contribution in [0.2, 0.25) is 0 Å². The predicted octanol–water partition coefficient (Wildman–Crippen LogP) is 5.33. The summed E-state index contributed by atoms with van der Waals surface area (Å²) in [5.41, 5.74) is 4.64. The van der Waals surface area contributed by atoms with E-state index in [0.717, 1.165) is 29.5 Å². The summed E-state index contributed by atoms with van der Waals surface area (Å²) in [5, 5.41) is 0. The van der Waals surface area contributed by atoms with Gasteiger partial charge < -0.3 is 4.57 Å². The van der Waals surface area contributed by atoms with E-state index in [1.54, 1.807) is 0 Å². The molecule has 0 saturated heterocycles. The summed E-state index contributed by atoms with van der Waals surface area (Å²) in [4.78, 5) is 12.7. The molecule has 0 aliphatic heterocycles. The van der Waals surface area contributed by atoms with Crippen LogP contribution >= 0.6 is 7.80 Å². The van der Waals surface area contributed by atoms with Crippen molar-refractivity contribution in [3.8, 4) is 0 Å². The van der Waals surface area contributed by atoms with E-state index in [2.05, 4.69) is 12.1 Å². The lowest BCUT2D eigenvalue weighted by atomic mass is 10.0. The Morgan fingerprint density at radius 3 is 2.17 bits per heavy atom. The van der Waals surface area contributed by atoms with Gasteiger partial charge in [-0.25, -0.2) is 0 Å². The summed E-state index contributed by atoms with van der Waals surface area (Å²) in [5.74, 6) is 0. The van der Waals surface area contributed by atoms with Gasteiger partial charge in [-0.15, -0.1) is 0 Å². The van der Waals surface area contributed by atoms with Gasteiger partial charge in [0, 0.05) is 11.2 Å². The highest BCUT2D eigenvalue weighted by Crippen LogP contribution is 2.37. The van der Waals surface area contributed by atoms with E-state index in [4.69, 9.17) is 0 Å². The van der Waals surface area contributed by atoms with Gasteiger partial charge in [-0.2, -0.15) is 0 Å². The fraction of sp³-hybridized carbons (Fsp3) is 0.350. The molecule has 0 aromatic heterocycles. The first kappa shape index (κ1) is 17.7. The molecule has 2 nitrogen and oxygen atoms in total. The van der Waals surface area contributed by atoms with E-state index in [1.165, 1.54) is 5.56 Å². The number of carbonyl (C=O) groups excluding carboxylic acids is 1. The van der Waals surface area contributed by atoms with Crippen molar-refractivity contribution in [2.45, 2.75) is 46.2 Å². The highest BCUT2D eigenvalue weighted by molar-refractivity contribution is 7.65. The average molecular weight is 328 g/mol. The van der Waals surface area contributed by atoms with Crippen molar-refractivity contribution < 1.29 is 9.36 Å². The van der Waals surface area contributed by atoms with Crippen LogP contribution in [0.15, 0.2) is 42.5 Å². The van der Waals surface area contributed by atoms with Gasteiger partial charge in [-0.05, 0) is 50.3 Å². The lowest BCUT2D eigenvalue weighted by Crippen LogP contribution is -2.08. The van der Waals surface area contributed by atoms with Crippen LogP contribution in [0, 0.1) is 20.8 Å². The molecule has 0 aliphatic carbocycles. The molecule has 0 bridgehead atoms. The highest BCUT2D eigenvalue weighted by atomic mass is 31.1. The first-order chi connectivity index (χ1) is 10.9. The normalized spacial score (nSPS) is 13.6. The van der Waals surface area contributed by atoms with Crippen LogP contribution in [0.5, 0.6) is 0 Å². The van der Waals surface area contributed by atoms with Gasteiger partial charge >= 0.3 is 0 Å². The number of aryl methyl sites for hydroxylation is 4. The Labute approximate surface area is 139 Å². The zero-order valence-electron chi connectivity index (χ0n) is 14.3. The lowest BCUT2D eigenvalue weighted by Gasteiger charge is -2.14. The minimum absolute atomic E-state index is 0.0761. The molecule has 3 heteroatoms. The van der Waals surface area contributed by atoms with Gasteiger partial charge in [0.25, 0.3) is 0 Å². The van der Waals surface area contributed by atoms with Crippen LogP contribution in [0.1, 0.15) is 46.0 Å². The van der Waals surface area contributed by atoms with Crippen LogP contribution in [-0.4, -0.2) is 11.2 Å². The first-order valence-electron chi connectivity index (χ1n) is 8.10. The Morgan fingerprint density at radius 1 is 1.04 bits per heavy atom. The molecule has 2 aromatic rings. The number of benzene rings is 2. The molecule has 0 heterocycles. The molecule has 0 radical (unpaired) electrons. The maximum Gasteiger partial charge on any atom is 0.219 e. The van der Waals surface area contributed by atoms with Gasteiger partial charge in [0.2, 0.25) is 5.52 Å². The molecule has 2 aromatic carbocycles. The SMILES string of the molecule is Cc1cc(C)c(C(=O)[PH](=O)C(C)CCc2ccccc2)c(C)c1. The second-order valence-corrected chi connectivity index (χ2v) is 8.56. The van der Waals surface area contributed by atoms with Crippen molar-refractivity contribution in [3.05, 3.63) is 70.3 Å². The van der Waals surface area contributed by atoms with Gasteiger partial charge in [0.15, 0.2) is 0 Å². The maximum absolute atomic E-state index is 12.7. The van der Waals surface area contributed by atoms with Crippen LogP contribution in [0.3, 0.4) is 0 Å². The van der Waals surface area contributed by atoms with Crippen LogP contribution in [0.4, 0.5) is 0 Å². The average Bonchev–Trinajstić information content (AvgIpc) is 2.51. The Kier molecular flexibility index (Phi) is 5.96. The van der Waals surface area contributed by atoms with E-state index >= 15 is 0 Å². The van der Waals surface area contributed by atoms with Crippen molar-refractivity contribution in [2.75, 3.05) is 0 Å². The summed E-state index contributed by atoms with van der Waals surface area (Å²) < 4.78 is 12.7. The molecule has 2 atom stereocenters. The second kappa shape index (κ2) is 7.75. The fourth-order valence-corrected chi connectivity index (χ4v) is 4.54. The van der Waals surface area contributed by atoms with E-state index in [-0.39, 0.29) is 11.2 Å². The summed E-state index contributed by atoms with van der Waals surface area (Å²) in [6.45, 7) is 7.80. The number of hydrogen-bond donors (Lipinski definition) is 0. The number of carbonyl (C=O) groups is 1. The van der Waals surface area contributed by atoms with Crippen molar-refractivity contribution in [3.63, 3.8) is 0 Å². The minimum Gasteiger partial charge on any atom is -0.318 e. The van der Waals surface area contributed by atoms with Crippen LogP contribution in [-0.2, 0) is 11.0 Å². The Morgan fingerprint density at radius 2 is 1.61 bits per heavy atom. The molecule has 0 amide bonds. The molecule has 0 spiro atoms. The van der Waals surface area contributed by atoms with Crippen LogP contribution < -0.4 is 0 Å². The molecular weight excluding hydrogens is 303 g/mol. The summed E-state index contributed by atoms with van der Waals surface area (Å²) >= 11 is 0. The zero-order chi connectivity index (χ0) is 17.0. The summed E-state index contributed by atoms with van der Waals surface area (Å²) in [6, 6.07) is 14.1. The van der Waals surface area contributed by atoms with E-state index in [1.807, 2.05) is 58.0 Å². The van der Waals surface area contributed by atoms with E-state index in [0.29, 0.717) is 5.56 Å². The first-order valence-corrected chi connectivity index (χ1v) is 9.59. The zero-order valence-corrected chi connectivity index (χ0v) is 15.3. The van der Waals surface area contributed by atoms with E-state index in [9.17, 15) is 9.36 Å². The maximum atomic E-state index is 12.7. The molecule has 2 unspecified atom stereocenters. The molecule has 122 valence electrons. The molecule has 0 saturated carbocycles. The lowest BCUT2D eigenvalue weighted by molar-refractivity contribution is 0.107. The Balaban J connectivity index is 2.09. The Hall–Kier alpha value is -1.66. The standard InChI is InChI=1S/C20H25O2P/c1-14-12-15(2)19(16(3)13-14)20(21)23(22)17(4)10-11-18-8-6-5-7-9-18/h5-9,12-13,17,23H,10-11H2,1-4H3. The third-order valence-electron chi connectivity index (χ3n) is 4.28. The van der Waals surface area contributed by atoms with Crippen molar-refractivity contribution in [1.82, 2.24) is 0 Å². The van der Waals surface area contributed by atoms with Crippen molar-refractivity contribution in [2.24, 2.45) is 0 Å². The van der Waals surface area contributed by atoms with Crippen molar-refractivity contribution >= 4 is 13.3 Å². The minimum atomic E-state index is -2.31. The van der Waals surface area contributed by atoms with Gasteiger partial charge in [0.05, 0.1) is 0 Å². The third kappa shape index (κ3) is 4.42. The predicted molar refractivity (Wildman–Crippen MR) is 98.2 cm³/mol. The molecular formula is C20H25O2P. The second-order valence-electron chi connectivity index (χ2n) is 6.39. The summed E-state index contributed by atoms with van der Waals surface area (Å²) in [6.07, 6.45) is 1.63. The largest absolute Gasteiger partial charge is 0.318 e. The quantitative estimate of drug-likeness (QED) is 0.671. The van der Waals surface area contributed by atoms with Gasteiger partial charge in [-0.1, -0.05) is 55.0 Å².